The van der Waals surface area contributed by atoms with Crippen molar-refractivity contribution < 1.29 is 9.90 Å². The fraction of sp³-hybridized carbons (Fsp3) is 0.462. The first-order valence-corrected chi connectivity index (χ1v) is 7.99. The van der Waals surface area contributed by atoms with Crippen molar-refractivity contribution in [3.05, 3.63) is 33.8 Å². The lowest BCUT2D eigenvalue weighted by atomic mass is 10.1. The number of aliphatic hydroxyl groups excluding tert-OH is 1. The van der Waals surface area contributed by atoms with E-state index in [1.54, 1.807) is 30.0 Å². The van der Waals surface area contributed by atoms with Gasteiger partial charge in [-0.3, -0.25) is 4.79 Å². The normalized spacial score (nSPS) is 13.9. The Balaban J connectivity index is 2.55. The van der Waals surface area contributed by atoms with Crippen molar-refractivity contribution in [2.45, 2.75) is 13.0 Å². The van der Waals surface area contributed by atoms with E-state index in [2.05, 4.69) is 5.32 Å². The standard InChI is InChI=1S/C13H17Cl2NO2S/c1-8(7-19-2)13(18)16-6-12(17)9-3-10(14)5-11(15)4-9/h3-5,8,12,17H,6-7H2,1-2H3,(H,16,18)/t8-,12+/m1/s1. The summed E-state index contributed by atoms with van der Waals surface area (Å²) in [5, 5.41) is 13.6. The van der Waals surface area contributed by atoms with E-state index in [-0.39, 0.29) is 18.4 Å². The zero-order valence-corrected chi connectivity index (χ0v) is 13.1. The highest BCUT2D eigenvalue weighted by Crippen LogP contribution is 2.23. The van der Waals surface area contributed by atoms with E-state index >= 15 is 0 Å². The van der Waals surface area contributed by atoms with E-state index in [9.17, 15) is 9.90 Å². The van der Waals surface area contributed by atoms with Crippen molar-refractivity contribution in [1.82, 2.24) is 5.32 Å². The molecule has 0 bridgehead atoms. The highest BCUT2D eigenvalue weighted by molar-refractivity contribution is 7.98. The number of thioether (sulfide) groups is 1. The molecule has 1 aromatic rings. The van der Waals surface area contributed by atoms with Crippen LogP contribution in [0.25, 0.3) is 0 Å². The predicted molar refractivity (Wildman–Crippen MR) is 82.0 cm³/mol. The number of nitrogens with one attached hydrogen (secondary N) is 1. The summed E-state index contributed by atoms with van der Waals surface area (Å²) < 4.78 is 0. The van der Waals surface area contributed by atoms with Crippen molar-refractivity contribution in [3.8, 4) is 0 Å². The zero-order valence-electron chi connectivity index (χ0n) is 10.8. The zero-order chi connectivity index (χ0) is 14.4. The van der Waals surface area contributed by atoms with Gasteiger partial charge in [-0.25, -0.2) is 0 Å². The summed E-state index contributed by atoms with van der Waals surface area (Å²) in [4.78, 5) is 11.7. The number of aliphatic hydroxyl groups is 1. The number of hydrogen-bond donors (Lipinski definition) is 2. The number of carbonyl (C=O) groups excluding carboxylic acids is 1. The topological polar surface area (TPSA) is 49.3 Å². The molecule has 1 aromatic carbocycles. The van der Waals surface area contributed by atoms with Crippen LogP contribution in [0.4, 0.5) is 0 Å². The second kappa shape index (κ2) is 8.00. The smallest absolute Gasteiger partial charge is 0.223 e. The highest BCUT2D eigenvalue weighted by atomic mass is 35.5. The van der Waals surface area contributed by atoms with Crippen LogP contribution in [0.15, 0.2) is 18.2 Å². The van der Waals surface area contributed by atoms with Gasteiger partial charge in [-0.15, -0.1) is 0 Å². The molecule has 0 fully saturated rings. The quantitative estimate of drug-likeness (QED) is 0.846. The fourth-order valence-electron chi connectivity index (χ4n) is 1.58. The lowest BCUT2D eigenvalue weighted by Gasteiger charge is -2.15. The summed E-state index contributed by atoms with van der Waals surface area (Å²) >= 11 is 13.3. The minimum Gasteiger partial charge on any atom is -0.387 e. The number of carbonyl (C=O) groups is 1. The molecule has 0 aliphatic heterocycles. The molecule has 0 saturated carbocycles. The van der Waals surface area contributed by atoms with Crippen LogP contribution >= 0.6 is 35.0 Å². The predicted octanol–water partition coefficient (Wildman–Crippen LogP) is 3.14. The van der Waals surface area contributed by atoms with Gasteiger partial charge in [0.2, 0.25) is 5.91 Å². The summed E-state index contributed by atoms with van der Waals surface area (Å²) in [6, 6.07) is 4.86. The van der Waals surface area contributed by atoms with Crippen LogP contribution in [0.2, 0.25) is 10.0 Å². The summed E-state index contributed by atoms with van der Waals surface area (Å²) in [5.74, 6) is 0.608. The van der Waals surface area contributed by atoms with E-state index in [0.717, 1.165) is 5.75 Å². The first kappa shape index (κ1) is 16.6. The second-order valence-corrected chi connectivity index (χ2v) is 6.10. The average Bonchev–Trinajstić information content (AvgIpc) is 2.34. The van der Waals surface area contributed by atoms with Crippen LogP contribution in [0.3, 0.4) is 0 Å². The van der Waals surface area contributed by atoms with Crippen LogP contribution in [-0.2, 0) is 4.79 Å². The highest BCUT2D eigenvalue weighted by Gasteiger charge is 2.15. The van der Waals surface area contributed by atoms with Crippen LogP contribution in [0.1, 0.15) is 18.6 Å². The Labute approximate surface area is 127 Å². The van der Waals surface area contributed by atoms with Crippen molar-refractivity contribution in [2.24, 2.45) is 5.92 Å². The van der Waals surface area contributed by atoms with Gasteiger partial charge in [0.25, 0.3) is 0 Å². The van der Waals surface area contributed by atoms with E-state index in [4.69, 9.17) is 23.2 Å². The monoisotopic (exact) mass is 321 g/mol. The molecule has 0 aromatic heterocycles. The lowest BCUT2D eigenvalue weighted by Crippen LogP contribution is -2.33. The van der Waals surface area contributed by atoms with Gasteiger partial charge in [0.05, 0.1) is 6.10 Å². The van der Waals surface area contributed by atoms with Gasteiger partial charge in [0, 0.05) is 28.3 Å². The molecule has 0 unspecified atom stereocenters. The minimum atomic E-state index is -0.818. The third kappa shape index (κ3) is 5.61. The number of rotatable bonds is 6. The van der Waals surface area contributed by atoms with Gasteiger partial charge >= 0.3 is 0 Å². The summed E-state index contributed by atoms with van der Waals surface area (Å²) in [6.07, 6.45) is 1.13. The van der Waals surface area contributed by atoms with Crippen molar-refractivity contribution in [3.63, 3.8) is 0 Å². The Morgan fingerprint density at radius 2 is 1.95 bits per heavy atom. The van der Waals surface area contributed by atoms with Crippen molar-refractivity contribution in [1.29, 1.82) is 0 Å². The summed E-state index contributed by atoms with van der Waals surface area (Å²) in [5.41, 5.74) is 0.593. The number of hydrogen-bond acceptors (Lipinski definition) is 3. The molecule has 106 valence electrons. The molecule has 0 aliphatic rings. The van der Waals surface area contributed by atoms with Crippen LogP contribution in [-0.4, -0.2) is 29.6 Å². The molecule has 19 heavy (non-hydrogen) atoms. The largest absolute Gasteiger partial charge is 0.387 e. The van der Waals surface area contributed by atoms with Crippen molar-refractivity contribution in [2.75, 3.05) is 18.6 Å². The second-order valence-electron chi connectivity index (χ2n) is 4.32. The number of halogens is 2. The Bertz CT molecular complexity index is 422. The Morgan fingerprint density at radius 1 is 1.37 bits per heavy atom. The summed E-state index contributed by atoms with van der Waals surface area (Å²) in [6.45, 7) is 2.00. The molecule has 6 heteroatoms. The van der Waals surface area contributed by atoms with Crippen LogP contribution < -0.4 is 5.32 Å². The van der Waals surface area contributed by atoms with Gasteiger partial charge < -0.3 is 10.4 Å². The average molecular weight is 322 g/mol. The third-order valence-electron chi connectivity index (χ3n) is 2.60. The Morgan fingerprint density at radius 3 is 2.47 bits per heavy atom. The number of amides is 1. The molecular weight excluding hydrogens is 305 g/mol. The van der Waals surface area contributed by atoms with Gasteiger partial charge in [0.1, 0.15) is 0 Å². The Hall–Kier alpha value is -0.420. The van der Waals surface area contributed by atoms with E-state index in [1.165, 1.54) is 0 Å². The molecule has 1 amide bonds. The number of benzene rings is 1. The molecule has 2 atom stereocenters. The van der Waals surface area contributed by atoms with Crippen LogP contribution in [0.5, 0.6) is 0 Å². The van der Waals surface area contributed by atoms with Gasteiger partial charge in [-0.1, -0.05) is 30.1 Å². The maximum atomic E-state index is 11.7. The molecule has 3 nitrogen and oxygen atoms in total. The molecule has 1 rings (SSSR count). The third-order valence-corrected chi connectivity index (χ3v) is 3.87. The van der Waals surface area contributed by atoms with Crippen LogP contribution in [0, 0.1) is 5.92 Å². The first-order chi connectivity index (χ1) is 8.93. The molecule has 0 saturated heterocycles. The molecule has 0 spiro atoms. The van der Waals surface area contributed by atoms with Gasteiger partial charge in [-0.05, 0) is 30.0 Å². The maximum absolute atomic E-state index is 11.7. The van der Waals surface area contributed by atoms with Crippen molar-refractivity contribution >= 4 is 40.9 Å². The molecule has 0 radical (unpaired) electrons. The van der Waals surface area contributed by atoms with E-state index in [0.29, 0.717) is 15.6 Å². The fourth-order valence-corrected chi connectivity index (χ4v) is 2.78. The summed E-state index contributed by atoms with van der Waals surface area (Å²) in [7, 11) is 0. The molecular formula is C13H17Cl2NO2S. The Kier molecular flexibility index (Phi) is 7.00. The minimum absolute atomic E-state index is 0.0680. The van der Waals surface area contributed by atoms with E-state index in [1.807, 2.05) is 13.2 Å². The molecule has 0 heterocycles. The van der Waals surface area contributed by atoms with Gasteiger partial charge in [0.15, 0.2) is 0 Å². The SMILES string of the molecule is CSC[C@@H](C)C(=O)NC[C@H](O)c1cc(Cl)cc(Cl)c1. The maximum Gasteiger partial charge on any atom is 0.223 e. The lowest BCUT2D eigenvalue weighted by molar-refractivity contribution is -0.124. The van der Waals surface area contributed by atoms with Gasteiger partial charge in [-0.2, -0.15) is 11.8 Å². The van der Waals surface area contributed by atoms with E-state index < -0.39 is 6.10 Å². The molecule has 0 aliphatic carbocycles. The molecule has 2 N–H and O–H groups in total. The first-order valence-electron chi connectivity index (χ1n) is 5.84.